The number of alkyl halides is 1. The molecule has 0 aromatic carbocycles. The summed E-state index contributed by atoms with van der Waals surface area (Å²) in [6.07, 6.45) is 1.49. The molecule has 13 heavy (non-hydrogen) atoms. The first-order valence-electron chi connectivity index (χ1n) is 5.30. The lowest BCUT2D eigenvalue weighted by atomic mass is 10.1. The highest BCUT2D eigenvalue weighted by Crippen LogP contribution is 2.08. The average molecular weight is 192 g/mol. The van der Waals surface area contributed by atoms with Crippen LogP contribution in [0.25, 0.3) is 0 Å². The Morgan fingerprint density at radius 2 is 2.23 bits per heavy atom. The van der Waals surface area contributed by atoms with Crippen LogP contribution in [0.4, 0.5) is 4.39 Å². The van der Waals surface area contributed by atoms with Crippen LogP contribution < -0.4 is 5.73 Å². The molecule has 1 rings (SSSR count). The van der Waals surface area contributed by atoms with E-state index in [1.807, 2.05) is 13.8 Å². The number of halogens is 1. The molecule has 3 heteroatoms. The predicted octanol–water partition coefficient (Wildman–Crippen LogP) is 2.04. The van der Waals surface area contributed by atoms with E-state index in [0.717, 1.165) is 25.9 Å². The minimum atomic E-state index is -0.722. The van der Waals surface area contributed by atoms with Gasteiger partial charge in [0, 0.05) is 20.6 Å². The van der Waals surface area contributed by atoms with Gasteiger partial charge in [-0.25, -0.2) is 4.39 Å². The zero-order valence-corrected chi connectivity index (χ0v) is 9.09. The number of nitrogens with zero attached hydrogens (tertiary/aromatic N) is 1. The topological polar surface area (TPSA) is 29.3 Å². The van der Waals surface area contributed by atoms with Crippen LogP contribution >= 0.6 is 0 Å². The number of hydrogen-bond acceptors (Lipinski definition) is 2. The van der Waals surface area contributed by atoms with E-state index < -0.39 is 6.17 Å². The predicted molar refractivity (Wildman–Crippen MR) is 57.7 cm³/mol. The molecule has 1 heterocycles. The summed E-state index contributed by atoms with van der Waals surface area (Å²) in [6, 6.07) is 0.266. The Morgan fingerprint density at radius 3 is 2.69 bits per heavy atom. The SMILES string of the molecule is CC.CC(F)CN1CCCC(N)C1.[HH]. The molecule has 0 aliphatic carbocycles. The fourth-order valence-corrected chi connectivity index (χ4v) is 1.61. The first-order valence-corrected chi connectivity index (χ1v) is 5.30. The number of rotatable bonds is 2. The van der Waals surface area contributed by atoms with Crippen LogP contribution in [0.15, 0.2) is 0 Å². The Bertz CT molecular complexity index is 121. The molecule has 1 aliphatic heterocycles. The van der Waals surface area contributed by atoms with Crippen molar-refractivity contribution in [3.63, 3.8) is 0 Å². The maximum atomic E-state index is 12.5. The van der Waals surface area contributed by atoms with Crippen LogP contribution in [0.5, 0.6) is 0 Å². The third-order valence-electron chi connectivity index (χ3n) is 2.05. The molecule has 2 N–H and O–H groups in total. The molecule has 0 aromatic heterocycles. The van der Waals surface area contributed by atoms with E-state index in [4.69, 9.17) is 5.73 Å². The van der Waals surface area contributed by atoms with Gasteiger partial charge < -0.3 is 5.73 Å². The van der Waals surface area contributed by atoms with Gasteiger partial charge in [-0.1, -0.05) is 13.8 Å². The molecule has 1 fully saturated rings. The van der Waals surface area contributed by atoms with Crippen LogP contribution in [-0.4, -0.2) is 36.7 Å². The van der Waals surface area contributed by atoms with E-state index in [0.29, 0.717) is 6.54 Å². The van der Waals surface area contributed by atoms with Crippen molar-refractivity contribution in [2.75, 3.05) is 19.6 Å². The molecule has 0 aromatic rings. The van der Waals surface area contributed by atoms with Crippen LogP contribution in [0.3, 0.4) is 0 Å². The van der Waals surface area contributed by atoms with Gasteiger partial charge in [-0.15, -0.1) is 0 Å². The fourth-order valence-electron chi connectivity index (χ4n) is 1.61. The minimum absolute atomic E-state index is 0. The Kier molecular flexibility index (Phi) is 7.19. The van der Waals surface area contributed by atoms with Crippen molar-refractivity contribution in [3.8, 4) is 0 Å². The summed E-state index contributed by atoms with van der Waals surface area (Å²) in [5.74, 6) is 0. The summed E-state index contributed by atoms with van der Waals surface area (Å²) in [6.45, 7) is 8.03. The van der Waals surface area contributed by atoms with E-state index in [1.54, 1.807) is 6.92 Å². The summed E-state index contributed by atoms with van der Waals surface area (Å²) in [5.41, 5.74) is 5.74. The van der Waals surface area contributed by atoms with Gasteiger partial charge in [0.15, 0.2) is 0 Å². The lowest BCUT2D eigenvalue weighted by Crippen LogP contribution is -2.44. The lowest BCUT2D eigenvalue weighted by Gasteiger charge is -2.30. The first kappa shape index (κ1) is 12.8. The van der Waals surface area contributed by atoms with Crippen molar-refractivity contribution in [1.29, 1.82) is 0 Å². The Labute approximate surface area is 82.8 Å². The van der Waals surface area contributed by atoms with Gasteiger partial charge in [-0.05, 0) is 26.3 Å². The molecule has 2 nitrogen and oxygen atoms in total. The lowest BCUT2D eigenvalue weighted by molar-refractivity contribution is 0.163. The van der Waals surface area contributed by atoms with Crippen molar-refractivity contribution in [3.05, 3.63) is 0 Å². The van der Waals surface area contributed by atoms with Gasteiger partial charge >= 0.3 is 0 Å². The molecule has 0 radical (unpaired) electrons. The quantitative estimate of drug-likeness (QED) is 0.725. The van der Waals surface area contributed by atoms with E-state index in [1.165, 1.54) is 0 Å². The molecule has 82 valence electrons. The highest BCUT2D eigenvalue weighted by atomic mass is 19.1. The molecule has 0 spiro atoms. The van der Waals surface area contributed by atoms with E-state index in [-0.39, 0.29) is 7.47 Å². The smallest absolute Gasteiger partial charge is 0.110 e. The Morgan fingerprint density at radius 1 is 1.62 bits per heavy atom. The number of hydrogen-bond donors (Lipinski definition) is 1. The summed E-state index contributed by atoms with van der Waals surface area (Å²) in [4.78, 5) is 2.11. The highest BCUT2D eigenvalue weighted by molar-refractivity contribution is 4.75. The maximum absolute atomic E-state index is 12.5. The molecule has 2 unspecified atom stereocenters. The minimum Gasteiger partial charge on any atom is -0.327 e. The molecule has 0 saturated carbocycles. The van der Waals surface area contributed by atoms with Crippen LogP contribution in [0.1, 0.15) is 35.0 Å². The number of nitrogens with two attached hydrogens (primary N) is 1. The van der Waals surface area contributed by atoms with E-state index in [2.05, 4.69) is 4.90 Å². The van der Waals surface area contributed by atoms with Crippen molar-refractivity contribution < 1.29 is 5.82 Å². The molecular weight excluding hydrogens is 167 g/mol. The molecule has 1 aliphatic rings. The second-order valence-electron chi connectivity index (χ2n) is 3.44. The van der Waals surface area contributed by atoms with Gasteiger partial charge in [0.1, 0.15) is 6.17 Å². The zero-order chi connectivity index (χ0) is 10.3. The number of piperidine rings is 1. The summed E-state index contributed by atoms with van der Waals surface area (Å²) in [7, 11) is 0. The second kappa shape index (κ2) is 7.27. The van der Waals surface area contributed by atoms with Gasteiger partial charge in [-0.3, -0.25) is 4.90 Å². The normalized spacial score (nSPS) is 26.1. The van der Waals surface area contributed by atoms with Crippen molar-refractivity contribution in [2.24, 2.45) is 5.73 Å². The van der Waals surface area contributed by atoms with Crippen molar-refractivity contribution >= 4 is 0 Å². The average Bonchev–Trinajstić information content (AvgIpc) is 2.06. The molecule has 0 amide bonds. The Balaban J connectivity index is 0. The summed E-state index contributed by atoms with van der Waals surface area (Å²) < 4.78 is 12.5. The van der Waals surface area contributed by atoms with Gasteiger partial charge in [0.25, 0.3) is 0 Å². The first-order chi connectivity index (χ1) is 6.18. The third kappa shape index (κ3) is 5.99. The zero-order valence-electron chi connectivity index (χ0n) is 9.09. The van der Waals surface area contributed by atoms with E-state index >= 15 is 0 Å². The van der Waals surface area contributed by atoms with Crippen molar-refractivity contribution in [1.82, 2.24) is 4.90 Å². The molecule has 1 saturated heterocycles. The molecule has 0 bridgehead atoms. The maximum Gasteiger partial charge on any atom is 0.110 e. The standard InChI is InChI=1S/C8H17FN2.C2H6.H2/c1-7(9)5-11-4-2-3-8(10)6-11;1-2;/h7-8H,2-6,10H2,1H3;1-2H3;1H. The highest BCUT2D eigenvalue weighted by Gasteiger charge is 2.17. The number of likely N-dealkylation sites (tertiary alicyclic amines) is 1. The summed E-state index contributed by atoms with van der Waals surface area (Å²) >= 11 is 0. The second-order valence-corrected chi connectivity index (χ2v) is 3.44. The van der Waals surface area contributed by atoms with Gasteiger partial charge in [0.05, 0.1) is 0 Å². The van der Waals surface area contributed by atoms with E-state index in [9.17, 15) is 4.39 Å². The fraction of sp³-hybridized carbons (Fsp3) is 1.00. The van der Waals surface area contributed by atoms with Gasteiger partial charge in [0.2, 0.25) is 0 Å². The van der Waals surface area contributed by atoms with Crippen molar-refractivity contribution in [2.45, 2.75) is 45.8 Å². The third-order valence-corrected chi connectivity index (χ3v) is 2.05. The largest absolute Gasteiger partial charge is 0.327 e. The van der Waals surface area contributed by atoms with Crippen LogP contribution in [-0.2, 0) is 0 Å². The van der Waals surface area contributed by atoms with Gasteiger partial charge in [-0.2, -0.15) is 0 Å². The Hall–Kier alpha value is -0.150. The molecule has 2 atom stereocenters. The monoisotopic (exact) mass is 192 g/mol. The van der Waals surface area contributed by atoms with Crippen LogP contribution in [0.2, 0.25) is 0 Å². The van der Waals surface area contributed by atoms with Crippen LogP contribution in [0, 0.1) is 0 Å². The summed E-state index contributed by atoms with van der Waals surface area (Å²) in [5, 5.41) is 0. The molecular formula is C10H25FN2.